The van der Waals surface area contributed by atoms with E-state index in [9.17, 15) is 34.2 Å². The topological polar surface area (TPSA) is 184 Å². The fourth-order valence-corrected chi connectivity index (χ4v) is 4.83. The third kappa shape index (κ3) is 13.1. The molecule has 0 unspecified atom stereocenters. The van der Waals surface area contributed by atoms with Crippen LogP contribution < -0.4 is 14.8 Å². The fourth-order valence-electron chi connectivity index (χ4n) is 4.40. The Morgan fingerprint density at radius 3 is 1.73 bits per heavy atom. The Morgan fingerprint density at radius 2 is 1.18 bits per heavy atom. The molecule has 274 valence electrons. The minimum absolute atomic E-state index is 0.0338. The number of benzene rings is 3. The molecule has 0 aliphatic rings. The van der Waals surface area contributed by atoms with Gasteiger partial charge < -0.3 is 38.7 Å². The van der Waals surface area contributed by atoms with Gasteiger partial charge >= 0.3 is 11.9 Å². The van der Waals surface area contributed by atoms with Crippen LogP contribution in [0.2, 0.25) is 0 Å². The van der Waals surface area contributed by atoms with Gasteiger partial charge in [0.1, 0.15) is 49.1 Å². The third-order valence-electron chi connectivity index (χ3n) is 6.97. The zero-order valence-corrected chi connectivity index (χ0v) is 30.0. The largest absolute Gasteiger partial charge is 0.490 e. The van der Waals surface area contributed by atoms with Crippen molar-refractivity contribution in [1.82, 2.24) is 5.32 Å². The lowest BCUT2D eigenvalue weighted by Crippen LogP contribution is -2.31. The molecule has 51 heavy (non-hydrogen) atoms. The first kappa shape index (κ1) is 40.7. The highest BCUT2D eigenvalue weighted by Crippen LogP contribution is 2.20. The number of hydrogen-bond acceptors (Lipinski definition) is 13. The smallest absolute Gasteiger partial charge is 0.338 e. The van der Waals surface area contributed by atoms with E-state index in [1.54, 1.807) is 37.4 Å². The average molecular weight is 726 g/mol. The molecule has 1 amide bonds. The number of hydrogen-bond donors (Lipinski definition) is 3. The molecular weight excluding hydrogens is 682 g/mol. The lowest BCUT2D eigenvalue weighted by molar-refractivity contribution is 0.0446. The van der Waals surface area contributed by atoms with E-state index in [1.165, 1.54) is 76.1 Å². The lowest BCUT2D eigenvalue weighted by atomic mass is 9.97. The van der Waals surface area contributed by atoms with Crippen LogP contribution in [0.1, 0.15) is 85.9 Å². The predicted octanol–water partition coefficient (Wildman–Crippen LogP) is 4.48. The molecule has 0 radical (unpaired) electrons. The minimum atomic E-state index is -1.56. The van der Waals surface area contributed by atoms with Crippen LogP contribution in [0.25, 0.3) is 0 Å². The summed E-state index contributed by atoms with van der Waals surface area (Å²) in [7, 11) is 1.55. The van der Waals surface area contributed by atoms with E-state index in [0.29, 0.717) is 35.8 Å². The Hall–Kier alpha value is -4.76. The van der Waals surface area contributed by atoms with E-state index < -0.39 is 40.6 Å². The maximum atomic E-state index is 13.0. The number of amides is 1. The number of ketones is 2. The molecule has 13 nitrogen and oxygen atoms in total. The second-order valence-corrected chi connectivity index (χ2v) is 13.2. The highest BCUT2D eigenvalue weighted by Gasteiger charge is 2.26. The van der Waals surface area contributed by atoms with Crippen LogP contribution >= 0.6 is 12.0 Å². The van der Waals surface area contributed by atoms with Gasteiger partial charge in [-0.1, -0.05) is 12.1 Å². The summed E-state index contributed by atoms with van der Waals surface area (Å²) in [5, 5.41) is 22.7. The van der Waals surface area contributed by atoms with Gasteiger partial charge in [-0.3, -0.25) is 14.4 Å². The van der Waals surface area contributed by atoms with Crippen LogP contribution in [0.4, 0.5) is 0 Å². The molecule has 0 saturated heterocycles. The minimum Gasteiger partial charge on any atom is -0.490 e. The van der Waals surface area contributed by atoms with Crippen molar-refractivity contribution < 1.29 is 57.3 Å². The summed E-state index contributed by atoms with van der Waals surface area (Å²) in [6, 6.07) is 16.2. The maximum Gasteiger partial charge on any atom is 0.338 e. The molecule has 3 aromatic rings. The van der Waals surface area contributed by atoms with E-state index in [-0.39, 0.29) is 48.7 Å². The summed E-state index contributed by atoms with van der Waals surface area (Å²) in [4.78, 5) is 63.6. The van der Waals surface area contributed by atoms with Crippen molar-refractivity contribution in [2.45, 2.75) is 45.3 Å². The van der Waals surface area contributed by atoms with Crippen molar-refractivity contribution in [3.05, 3.63) is 94.5 Å². The second kappa shape index (κ2) is 19.0. The van der Waals surface area contributed by atoms with Crippen LogP contribution in [0.3, 0.4) is 0 Å². The Bertz CT molecular complexity index is 1680. The van der Waals surface area contributed by atoms with Crippen LogP contribution in [-0.4, -0.2) is 96.7 Å². The first-order chi connectivity index (χ1) is 24.1. The van der Waals surface area contributed by atoms with Gasteiger partial charge in [0.25, 0.3) is 5.91 Å². The molecule has 0 aliphatic heterocycles. The van der Waals surface area contributed by atoms with E-state index >= 15 is 0 Å². The van der Waals surface area contributed by atoms with Gasteiger partial charge in [0.15, 0.2) is 11.6 Å². The molecule has 0 spiro atoms. The normalized spacial score (nSPS) is 11.4. The van der Waals surface area contributed by atoms with Gasteiger partial charge in [-0.25, -0.2) is 9.59 Å². The number of carbonyl (C=O) groups excluding carboxylic acids is 5. The second-order valence-electron chi connectivity index (χ2n) is 12.2. The lowest BCUT2D eigenvalue weighted by Gasteiger charge is -2.16. The number of nitrogens with one attached hydrogen (secondary N) is 1. The van der Waals surface area contributed by atoms with E-state index in [2.05, 4.69) is 5.32 Å². The summed E-state index contributed by atoms with van der Waals surface area (Å²) >= 11 is 1.25. The summed E-state index contributed by atoms with van der Waals surface area (Å²) in [5.74, 6) is -1.68. The molecule has 14 heteroatoms. The van der Waals surface area contributed by atoms with Gasteiger partial charge in [-0.15, -0.1) is 0 Å². The number of rotatable bonds is 20. The van der Waals surface area contributed by atoms with Crippen molar-refractivity contribution in [3.8, 4) is 11.5 Å². The first-order valence-corrected chi connectivity index (χ1v) is 16.9. The molecule has 0 aromatic heterocycles. The SMILES string of the molecule is COSCCCNC(=O)c1cc(C(=O)OCCOc2ccc(C(=O)C(C)(C)O)cc2)cc(C(=O)OCCOc2cccc(C(=O)C(C)(C)O)c2)c1. The van der Waals surface area contributed by atoms with Crippen molar-refractivity contribution in [3.63, 3.8) is 0 Å². The Kier molecular flexibility index (Phi) is 15.2. The van der Waals surface area contributed by atoms with Gasteiger partial charge in [0.05, 0.1) is 18.2 Å². The molecule has 0 fully saturated rings. The molecule has 3 N–H and O–H groups in total. The molecule has 0 heterocycles. The van der Waals surface area contributed by atoms with Crippen LogP contribution in [0.5, 0.6) is 11.5 Å². The standard InChI is InChI=1S/C37H43NO12S/c1-36(2,44)31(39)24-10-12-29(13-11-24)47-15-17-49-34(42)27-20-26(33(41)38-14-7-19-51-46-5)21-28(22-27)35(43)50-18-16-48-30-9-6-8-25(23-30)32(40)37(3,4)45/h6,8-13,20-23,44-45H,7,14-19H2,1-5H3,(H,38,41). The van der Waals surface area contributed by atoms with Gasteiger partial charge in [0.2, 0.25) is 0 Å². The van der Waals surface area contributed by atoms with Crippen molar-refractivity contribution in [2.24, 2.45) is 0 Å². The van der Waals surface area contributed by atoms with Crippen molar-refractivity contribution in [1.29, 1.82) is 0 Å². The molecule has 0 saturated carbocycles. The molecule has 3 rings (SSSR count). The Morgan fingerprint density at radius 1 is 0.647 bits per heavy atom. The molecule has 0 bridgehead atoms. The summed E-state index contributed by atoms with van der Waals surface area (Å²) < 4.78 is 26.8. The molecule has 0 aliphatic carbocycles. The number of Topliss-reactive ketones (excluding diaryl/α,β-unsaturated/α-hetero) is 2. The number of carbonyl (C=O) groups is 5. The number of aliphatic hydroxyl groups is 2. The summed E-state index contributed by atoms with van der Waals surface area (Å²) in [6.07, 6.45) is 0.619. The quantitative estimate of drug-likeness (QED) is 0.0642. The fraction of sp³-hybridized carbons (Fsp3) is 0.378. The van der Waals surface area contributed by atoms with Crippen molar-refractivity contribution >= 4 is 41.5 Å². The van der Waals surface area contributed by atoms with Crippen LogP contribution in [0, 0.1) is 0 Å². The average Bonchev–Trinajstić information content (AvgIpc) is 3.10. The molecule has 0 atom stereocenters. The molecular formula is C37H43NO12S. The Labute approximate surface area is 300 Å². The zero-order valence-electron chi connectivity index (χ0n) is 29.2. The molecule has 3 aromatic carbocycles. The van der Waals surface area contributed by atoms with E-state index in [1.807, 2.05) is 0 Å². The maximum absolute atomic E-state index is 13.0. The predicted molar refractivity (Wildman–Crippen MR) is 189 cm³/mol. The van der Waals surface area contributed by atoms with Gasteiger partial charge in [-0.05, 0) is 101 Å². The van der Waals surface area contributed by atoms with Crippen LogP contribution in [-0.2, 0) is 13.7 Å². The zero-order chi connectivity index (χ0) is 37.6. The summed E-state index contributed by atoms with van der Waals surface area (Å²) in [5.41, 5.74) is -2.60. The third-order valence-corrected chi connectivity index (χ3v) is 7.66. The highest BCUT2D eigenvalue weighted by atomic mass is 32.2. The number of ether oxygens (including phenoxy) is 4. The van der Waals surface area contributed by atoms with E-state index in [4.69, 9.17) is 23.1 Å². The summed E-state index contributed by atoms with van der Waals surface area (Å²) in [6.45, 7) is 5.43. The van der Waals surface area contributed by atoms with Crippen molar-refractivity contribution in [2.75, 3.05) is 45.8 Å². The van der Waals surface area contributed by atoms with Gasteiger partial charge in [0, 0.05) is 29.0 Å². The monoisotopic (exact) mass is 725 g/mol. The Balaban J connectivity index is 1.63. The number of esters is 2. The van der Waals surface area contributed by atoms with E-state index in [0.717, 1.165) is 0 Å². The first-order valence-electron chi connectivity index (χ1n) is 16.0. The van der Waals surface area contributed by atoms with Gasteiger partial charge in [-0.2, -0.15) is 0 Å². The van der Waals surface area contributed by atoms with Crippen LogP contribution in [0.15, 0.2) is 66.7 Å². The highest BCUT2D eigenvalue weighted by molar-refractivity contribution is 7.94.